The highest BCUT2D eigenvalue weighted by molar-refractivity contribution is 6.02. The van der Waals surface area contributed by atoms with Crippen LogP contribution < -0.4 is 19.3 Å². The zero-order valence-corrected chi connectivity index (χ0v) is 46.1. The number of hydrogen-bond donors (Lipinski definition) is 3. The van der Waals surface area contributed by atoms with Crippen LogP contribution in [0.15, 0.2) is 177 Å². The second-order valence-corrected chi connectivity index (χ2v) is 20.0. The van der Waals surface area contributed by atoms with Gasteiger partial charge in [-0.05, 0) is 103 Å². The first-order chi connectivity index (χ1) is 39.6. The molecule has 416 valence electrons. The van der Waals surface area contributed by atoms with Gasteiger partial charge in [0.1, 0.15) is 39.3 Å². The average molecular weight is 1090 g/mol. The first kappa shape index (κ1) is 57.9. The van der Waals surface area contributed by atoms with Crippen molar-refractivity contribution in [1.82, 2.24) is 19.6 Å². The maximum atomic E-state index is 14.8. The Balaban J connectivity index is 0.000000214. The summed E-state index contributed by atoms with van der Waals surface area (Å²) in [5.74, 6) is 1.84. The predicted octanol–water partition coefficient (Wildman–Crippen LogP) is 10.6. The number of amides is 2. The average Bonchev–Trinajstić information content (AvgIpc) is 3.32. The minimum absolute atomic E-state index is 0.0533. The van der Waals surface area contributed by atoms with Gasteiger partial charge >= 0.3 is 0 Å². The molecule has 0 saturated carbocycles. The fourth-order valence-electron chi connectivity index (χ4n) is 10.3. The van der Waals surface area contributed by atoms with E-state index < -0.39 is 23.3 Å². The van der Waals surface area contributed by atoms with E-state index in [1.807, 2.05) is 144 Å². The number of unbranched alkanes of at least 4 members (excludes halogenated alkanes) is 1. The fraction of sp³-hybridized carbons (Fsp3) is 0.339. The van der Waals surface area contributed by atoms with Crippen molar-refractivity contribution in [2.45, 2.75) is 88.1 Å². The molecule has 1 saturated heterocycles. The van der Waals surface area contributed by atoms with Crippen LogP contribution >= 0.6 is 0 Å². The minimum atomic E-state index is -1.41. The number of aliphatic hydroxyl groups excluding tert-OH is 1. The molecule has 4 atom stereocenters. The van der Waals surface area contributed by atoms with Crippen molar-refractivity contribution in [3.05, 3.63) is 191 Å². The summed E-state index contributed by atoms with van der Waals surface area (Å²) in [5, 5.41) is 21.2. The number of aliphatic imine (C=N–C) groups is 2. The van der Waals surface area contributed by atoms with E-state index in [9.17, 15) is 9.59 Å². The summed E-state index contributed by atoms with van der Waals surface area (Å²) >= 11 is 0. The molecule has 3 heterocycles. The molecule has 0 aromatic heterocycles. The second kappa shape index (κ2) is 28.1. The highest BCUT2D eigenvalue weighted by Gasteiger charge is 2.57. The van der Waals surface area contributed by atoms with Crippen molar-refractivity contribution in [1.29, 1.82) is 11.1 Å². The first-order valence-electron chi connectivity index (χ1n) is 27.3. The van der Waals surface area contributed by atoms with Crippen LogP contribution in [0, 0.1) is 11.1 Å². The van der Waals surface area contributed by atoms with Gasteiger partial charge in [-0.2, -0.15) is 0 Å². The molecule has 3 N–H and O–H groups in total. The van der Waals surface area contributed by atoms with E-state index in [2.05, 4.69) is 43.6 Å². The van der Waals surface area contributed by atoms with Gasteiger partial charge in [0.25, 0.3) is 18.5 Å². The lowest BCUT2D eigenvalue weighted by atomic mass is 9.80. The number of piperidine rings is 1. The number of nitrogens with zero attached hydrogens (tertiary/aromatic N) is 10. The van der Waals surface area contributed by atoms with Gasteiger partial charge in [-0.25, -0.2) is 9.98 Å². The third kappa shape index (κ3) is 13.8. The molecule has 19 heteroatoms. The number of carbonyl (C=O) groups is 2. The van der Waals surface area contributed by atoms with E-state index >= 15 is 0 Å². The molecule has 6 aromatic carbocycles. The Morgan fingerprint density at radius 3 is 1.83 bits per heavy atom. The van der Waals surface area contributed by atoms with Crippen LogP contribution in [0.5, 0.6) is 11.5 Å². The van der Waals surface area contributed by atoms with Crippen LogP contribution in [0.4, 0.5) is 11.4 Å². The molecule has 6 aromatic rings. The van der Waals surface area contributed by atoms with Crippen LogP contribution in [0.3, 0.4) is 0 Å². The summed E-state index contributed by atoms with van der Waals surface area (Å²) < 4.78 is 24.8. The van der Waals surface area contributed by atoms with Crippen LogP contribution in [0.1, 0.15) is 96.6 Å². The van der Waals surface area contributed by atoms with Gasteiger partial charge in [-0.1, -0.05) is 104 Å². The van der Waals surface area contributed by atoms with Crippen molar-refractivity contribution in [2.24, 2.45) is 25.3 Å². The van der Waals surface area contributed by atoms with Crippen molar-refractivity contribution in [2.75, 3.05) is 47.0 Å². The minimum Gasteiger partial charge on any atom is -0.494 e. The molecule has 19 nitrogen and oxygen atoms in total. The Morgan fingerprint density at radius 1 is 0.679 bits per heavy atom. The lowest BCUT2D eigenvalue weighted by Crippen LogP contribution is -2.53. The van der Waals surface area contributed by atoms with E-state index in [1.54, 1.807) is 31.1 Å². The zero-order chi connectivity index (χ0) is 57.0. The fourth-order valence-corrected chi connectivity index (χ4v) is 10.3. The number of rotatable bonds is 22. The monoisotopic (exact) mass is 1090 g/mol. The van der Waals surface area contributed by atoms with E-state index in [1.165, 1.54) is 0 Å². The Labute approximate surface area is 471 Å². The van der Waals surface area contributed by atoms with Gasteiger partial charge in [-0.3, -0.25) is 9.59 Å². The molecule has 81 heavy (non-hydrogen) atoms. The van der Waals surface area contributed by atoms with Crippen molar-refractivity contribution in [3.63, 3.8) is 0 Å². The summed E-state index contributed by atoms with van der Waals surface area (Å²) in [6, 6.07) is 47.2. The first-order valence-corrected chi connectivity index (χ1v) is 27.3. The summed E-state index contributed by atoms with van der Waals surface area (Å²) in [6.45, 7) is 8.24. The molecule has 3 aliphatic rings. The van der Waals surface area contributed by atoms with Gasteiger partial charge < -0.3 is 33.9 Å². The Bertz CT molecular complexity index is 3330. The topological polar surface area (TPSA) is 250 Å². The van der Waals surface area contributed by atoms with Gasteiger partial charge in [-0.15, -0.1) is 0 Å². The van der Waals surface area contributed by atoms with Gasteiger partial charge in [0.05, 0.1) is 13.2 Å². The predicted molar refractivity (Wildman–Crippen MR) is 306 cm³/mol. The van der Waals surface area contributed by atoms with Gasteiger partial charge in [0.2, 0.25) is 21.6 Å². The van der Waals surface area contributed by atoms with Crippen molar-refractivity contribution < 1.29 is 38.4 Å². The highest BCUT2D eigenvalue weighted by Crippen LogP contribution is 2.48. The third-order valence-electron chi connectivity index (χ3n) is 14.2. The van der Waals surface area contributed by atoms with Crippen LogP contribution in [0.25, 0.3) is 0 Å². The van der Waals surface area contributed by atoms with Crippen molar-refractivity contribution in [3.8, 4) is 11.5 Å². The molecule has 0 bridgehead atoms. The number of carbonyl (C=O) groups excluding carboxylic acids is 2. The molecule has 2 amide bonds. The number of likely N-dealkylation sites (N-methyl/N-ethyl adjacent to an activating group) is 1. The maximum absolute atomic E-state index is 14.8. The summed E-state index contributed by atoms with van der Waals surface area (Å²) in [4.78, 5) is 52.6. The molecular weight excluding hydrogens is 1020 g/mol. The van der Waals surface area contributed by atoms with E-state index in [0.29, 0.717) is 79.2 Å². The molecule has 0 spiro atoms. The molecule has 0 aliphatic carbocycles. The van der Waals surface area contributed by atoms with E-state index in [4.69, 9.17) is 45.1 Å². The van der Waals surface area contributed by atoms with Crippen LogP contribution in [0.2, 0.25) is 0 Å². The summed E-state index contributed by atoms with van der Waals surface area (Å²) in [7, 11) is 3.48. The Hall–Kier alpha value is -9.24. The van der Waals surface area contributed by atoms with Crippen LogP contribution in [-0.4, -0.2) is 108 Å². The summed E-state index contributed by atoms with van der Waals surface area (Å²) in [5.41, 5.74) is 18.3. The summed E-state index contributed by atoms with van der Waals surface area (Å²) in [6.07, 6.45) is 4.45. The number of nitrogens with one attached hydrogen (secondary N) is 2. The van der Waals surface area contributed by atoms with E-state index in [-0.39, 0.29) is 31.4 Å². The zero-order valence-electron chi connectivity index (χ0n) is 46.1. The third-order valence-corrected chi connectivity index (χ3v) is 14.2. The molecule has 9 rings (SSSR count). The second-order valence-electron chi connectivity index (χ2n) is 20.0. The van der Waals surface area contributed by atoms with Crippen molar-refractivity contribution >= 4 is 41.7 Å². The number of aliphatic hydroxyl groups is 1. The quantitative estimate of drug-likeness (QED) is 0.0256. The lowest BCUT2D eigenvalue weighted by molar-refractivity contribution is -0.140. The van der Waals surface area contributed by atoms with E-state index in [0.717, 1.165) is 65.7 Å². The highest BCUT2D eigenvalue weighted by atomic mass is 16.5. The molecule has 3 aliphatic heterocycles. The van der Waals surface area contributed by atoms with Gasteiger partial charge in [0, 0.05) is 80.1 Å². The normalized spacial score (nSPS) is 18.8. The molecular formula is C62H69N12O7+3. The largest absolute Gasteiger partial charge is 0.494 e. The number of ether oxygens (including phenoxy) is 4. The molecule has 1 fully saturated rings. The maximum Gasteiger partial charge on any atom is 0.296 e. The SMILES string of the molecule is C=[N+]=Nc1ccccc1C[C@@]1(C(=O)N2CCCCC2)N=C(c2ccc(OCCCO)cc2)O[C@@H]1c1ccccc1N=[N+]=N.CCCCOc1ccc(C2=N[C@@](Cc3ccccc3)(C(=O)N(C)C)[C@@H](c3ccccc3CN=[N+]=N)O2)cc1. The standard InChI is InChI=1S/C32H35N7O4.C30H34N5O3/c1-34-36-27-12-5-3-10-24(27)22-32(31(41)39-18-7-2-8-19-39)29(26-11-4-6-13-28(26)37-38-33)43-30(35-32)23-14-16-25(17-15-23)42-21-9-20-40;1-4-5-19-37-25-17-15-23(16-18-25)28-33-30(29(36)35(2)3,20-22-11-7-6-8-12-22)27(38-28)26-14-10-9-13-24(26)21-32-34-31/h3-6,10-17,29,33,40H,1-2,7-9,18-22H2;6-18,27,31H,4-5,19-21H2,1-3H3/q+2;+1/t29-,32-;27-,30-/m11/s1. The smallest absolute Gasteiger partial charge is 0.296 e. The Morgan fingerprint density at radius 2 is 1.23 bits per heavy atom. The number of hydrogen-bond acceptors (Lipinski definition) is 14. The number of benzene rings is 6. The lowest BCUT2D eigenvalue weighted by Gasteiger charge is -2.37. The molecule has 0 unspecified atom stereocenters. The van der Waals surface area contributed by atoms with Gasteiger partial charge in [0.15, 0.2) is 39.8 Å². The molecule has 0 radical (unpaired) electrons. The number of likely N-dealkylation sites (tertiary alicyclic amines) is 1. The Kier molecular flexibility index (Phi) is 20.1. The van der Waals surface area contributed by atoms with Crippen LogP contribution in [-0.2, 0) is 38.4 Å².